The molecule has 0 spiro atoms. The van der Waals surface area contributed by atoms with Crippen LogP contribution in [-0.4, -0.2) is 0 Å². The van der Waals surface area contributed by atoms with Crippen LogP contribution in [0.1, 0.15) is 52.7 Å². The van der Waals surface area contributed by atoms with Crippen LogP contribution in [-0.2, 0) is 10.8 Å². The third-order valence-corrected chi connectivity index (χ3v) is 9.09. The first kappa shape index (κ1) is 24.4. The van der Waals surface area contributed by atoms with Crippen molar-refractivity contribution in [3.05, 3.63) is 108 Å². The molecule has 0 unspecified atom stereocenters. The summed E-state index contributed by atoms with van der Waals surface area (Å²) in [5, 5.41) is 19.6. The van der Waals surface area contributed by atoms with Gasteiger partial charge in [-0.15, -0.1) is 0 Å². The second-order valence-corrected chi connectivity index (χ2v) is 14.1. The van der Waals surface area contributed by atoms with Gasteiger partial charge in [-0.1, -0.05) is 114 Å². The standard InChI is InChI=1S/C40H35N/c1-39(2,3)31-15-23-7-11-27-19-33(20-28-12-8-24(16-31)35(23)37(27)28)41-34-21-29-13-9-25-17-32(40(4,5)6)18-26-10-14-30(22-34)38(29)36(25)26/h7-22,41H,1-6H3. The molecule has 1 N–H and O–H groups in total. The summed E-state index contributed by atoms with van der Waals surface area (Å²) in [6.07, 6.45) is 0. The molecule has 1 nitrogen and oxygen atoms in total. The van der Waals surface area contributed by atoms with E-state index in [4.69, 9.17) is 0 Å². The number of hydrogen-bond donors (Lipinski definition) is 1. The van der Waals surface area contributed by atoms with Crippen molar-refractivity contribution >= 4 is 76.0 Å². The molecular formula is C40H35N. The number of anilines is 2. The Kier molecular flexibility index (Phi) is 4.83. The maximum Gasteiger partial charge on any atom is 0.0396 e. The molecule has 0 aliphatic rings. The van der Waals surface area contributed by atoms with Gasteiger partial charge < -0.3 is 5.32 Å². The molecule has 0 heterocycles. The first-order valence-electron chi connectivity index (χ1n) is 14.8. The van der Waals surface area contributed by atoms with E-state index in [0.717, 1.165) is 11.4 Å². The van der Waals surface area contributed by atoms with E-state index in [1.54, 1.807) is 0 Å². The van der Waals surface area contributed by atoms with Crippen molar-refractivity contribution in [2.75, 3.05) is 5.32 Å². The molecule has 0 aliphatic heterocycles. The lowest BCUT2D eigenvalue weighted by Crippen LogP contribution is -2.10. The Labute approximate surface area is 241 Å². The van der Waals surface area contributed by atoms with Gasteiger partial charge in [0.05, 0.1) is 0 Å². The molecule has 0 atom stereocenters. The first-order valence-corrected chi connectivity index (χ1v) is 14.8. The van der Waals surface area contributed by atoms with Crippen LogP contribution in [0.4, 0.5) is 11.4 Å². The highest BCUT2D eigenvalue weighted by Gasteiger charge is 2.19. The Bertz CT molecular complexity index is 1990. The van der Waals surface area contributed by atoms with Crippen molar-refractivity contribution in [1.82, 2.24) is 0 Å². The molecule has 8 aromatic carbocycles. The molecule has 0 bridgehead atoms. The van der Waals surface area contributed by atoms with Crippen molar-refractivity contribution in [2.24, 2.45) is 0 Å². The van der Waals surface area contributed by atoms with Crippen molar-refractivity contribution in [1.29, 1.82) is 0 Å². The highest BCUT2D eigenvalue weighted by atomic mass is 14.9. The second-order valence-electron chi connectivity index (χ2n) is 14.1. The van der Waals surface area contributed by atoms with E-state index in [9.17, 15) is 0 Å². The minimum Gasteiger partial charge on any atom is -0.355 e. The molecule has 0 aromatic heterocycles. The normalized spacial score (nSPS) is 13.1. The van der Waals surface area contributed by atoms with Crippen LogP contribution in [0.15, 0.2) is 97.1 Å². The topological polar surface area (TPSA) is 12.0 Å². The van der Waals surface area contributed by atoms with Crippen LogP contribution in [0.5, 0.6) is 0 Å². The van der Waals surface area contributed by atoms with Gasteiger partial charge in [0, 0.05) is 11.4 Å². The van der Waals surface area contributed by atoms with Gasteiger partial charge in [-0.25, -0.2) is 0 Å². The van der Waals surface area contributed by atoms with Gasteiger partial charge in [-0.05, 0) is 111 Å². The van der Waals surface area contributed by atoms with Gasteiger partial charge in [0.15, 0.2) is 0 Å². The molecule has 0 saturated heterocycles. The van der Waals surface area contributed by atoms with Crippen molar-refractivity contribution in [2.45, 2.75) is 52.4 Å². The summed E-state index contributed by atoms with van der Waals surface area (Å²) in [7, 11) is 0. The van der Waals surface area contributed by atoms with Crippen LogP contribution in [0.3, 0.4) is 0 Å². The zero-order valence-electron chi connectivity index (χ0n) is 24.7. The molecule has 0 fully saturated rings. The maximum absolute atomic E-state index is 3.77. The zero-order chi connectivity index (χ0) is 28.3. The minimum atomic E-state index is 0.124. The summed E-state index contributed by atoms with van der Waals surface area (Å²) >= 11 is 0. The molecule has 0 amide bonds. The molecule has 0 saturated carbocycles. The lowest BCUT2D eigenvalue weighted by atomic mass is 9.83. The quantitative estimate of drug-likeness (QED) is 0.220. The average molecular weight is 530 g/mol. The highest BCUT2D eigenvalue weighted by molar-refractivity contribution is 6.25. The van der Waals surface area contributed by atoms with Gasteiger partial charge in [0.2, 0.25) is 0 Å². The molecule has 0 radical (unpaired) electrons. The van der Waals surface area contributed by atoms with E-state index < -0.39 is 0 Å². The average Bonchev–Trinajstić information content (AvgIpc) is 2.93. The summed E-state index contributed by atoms with van der Waals surface area (Å²) in [6.45, 7) is 13.7. The summed E-state index contributed by atoms with van der Waals surface area (Å²) in [5.41, 5.74) is 5.25. The summed E-state index contributed by atoms with van der Waals surface area (Å²) in [6, 6.07) is 37.0. The molecular weight excluding hydrogens is 494 g/mol. The molecule has 200 valence electrons. The lowest BCUT2D eigenvalue weighted by Gasteiger charge is -2.22. The Balaban J connectivity index is 1.24. The maximum atomic E-state index is 3.77. The lowest BCUT2D eigenvalue weighted by molar-refractivity contribution is 0.591. The van der Waals surface area contributed by atoms with Crippen molar-refractivity contribution in [3.8, 4) is 0 Å². The predicted octanol–water partition coefficient (Wildman–Crippen LogP) is 11.8. The minimum absolute atomic E-state index is 0.124. The highest BCUT2D eigenvalue weighted by Crippen LogP contribution is 2.41. The van der Waals surface area contributed by atoms with E-state index >= 15 is 0 Å². The van der Waals surface area contributed by atoms with E-state index in [1.165, 1.54) is 75.8 Å². The van der Waals surface area contributed by atoms with E-state index in [-0.39, 0.29) is 10.8 Å². The zero-order valence-corrected chi connectivity index (χ0v) is 24.7. The molecule has 8 aromatic rings. The van der Waals surface area contributed by atoms with E-state index in [0.29, 0.717) is 0 Å². The smallest absolute Gasteiger partial charge is 0.0396 e. The third-order valence-electron chi connectivity index (χ3n) is 9.09. The summed E-state index contributed by atoms with van der Waals surface area (Å²) in [4.78, 5) is 0. The van der Waals surface area contributed by atoms with Crippen LogP contribution < -0.4 is 5.32 Å². The van der Waals surface area contributed by atoms with Crippen molar-refractivity contribution < 1.29 is 0 Å². The summed E-state index contributed by atoms with van der Waals surface area (Å²) < 4.78 is 0. The number of nitrogens with one attached hydrogen (secondary N) is 1. The largest absolute Gasteiger partial charge is 0.355 e. The Morgan fingerprint density at radius 1 is 0.341 bits per heavy atom. The van der Waals surface area contributed by atoms with Gasteiger partial charge in [0.1, 0.15) is 0 Å². The summed E-state index contributed by atoms with van der Waals surface area (Å²) in [5.74, 6) is 0. The monoisotopic (exact) mass is 529 g/mol. The molecule has 41 heavy (non-hydrogen) atoms. The fraction of sp³-hybridized carbons (Fsp3) is 0.200. The van der Waals surface area contributed by atoms with Gasteiger partial charge >= 0.3 is 0 Å². The Hall–Kier alpha value is -4.36. The van der Waals surface area contributed by atoms with Crippen LogP contribution >= 0.6 is 0 Å². The predicted molar refractivity (Wildman–Crippen MR) is 181 cm³/mol. The fourth-order valence-corrected chi connectivity index (χ4v) is 6.85. The van der Waals surface area contributed by atoms with E-state index in [1.807, 2.05) is 0 Å². The van der Waals surface area contributed by atoms with Crippen molar-refractivity contribution in [3.63, 3.8) is 0 Å². The second kappa shape index (κ2) is 8.10. The van der Waals surface area contributed by atoms with Gasteiger partial charge in [0.25, 0.3) is 0 Å². The van der Waals surface area contributed by atoms with Crippen LogP contribution in [0.2, 0.25) is 0 Å². The van der Waals surface area contributed by atoms with Gasteiger partial charge in [-0.2, -0.15) is 0 Å². The van der Waals surface area contributed by atoms with Gasteiger partial charge in [-0.3, -0.25) is 0 Å². The van der Waals surface area contributed by atoms with E-state index in [2.05, 4.69) is 144 Å². The SMILES string of the molecule is CC(C)(C)c1cc2ccc3cc(Nc4cc5ccc6cc(C(C)(C)C)cc7ccc(c4)c5c67)cc4ccc(c1)c2c34. The molecule has 1 heteroatoms. The molecule has 0 aliphatic carbocycles. The van der Waals surface area contributed by atoms with Crippen LogP contribution in [0, 0.1) is 0 Å². The first-order chi connectivity index (χ1) is 19.5. The molecule has 8 rings (SSSR count). The number of hydrogen-bond acceptors (Lipinski definition) is 1. The Morgan fingerprint density at radius 2 is 0.561 bits per heavy atom. The van der Waals surface area contributed by atoms with Crippen LogP contribution in [0.25, 0.3) is 64.6 Å². The Morgan fingerprint density at radius 3 is 0.780 bits per heavy atom. The fourth-order valence-electron chi connectivity index (χ4n) is 6.85. The number of rotatable bonds is 2. The third kappa shape index (κ3) is 3.75. The number of benzene rings is 8.